The summed E-state index contributed by atoms with van der Waals surface area (Å²) >= 11 is 0. The third kappa shape index (κ3) is 4.18. The molecule has 1 aromatic heterocycles. The Morgan fingerprint density at radius 2 is 2.00 bits per heavy atom. The van der Waals surface area contributed by atoms with Gasteiger partial charge in [-0.05, 0) is 39.3 Å². The first kappa shape index (κ1) is 14.3. The van der Waals surface area contributed by atoms with Crippen LogP contribution in [0.5, 0.6) is 0 Å². The number of piperazine rings is 1. The summed E-state index contributed by atoms with van der Waals surface area (Å²) < 4.78 is 0. The van der Waals surface area contributed by atoms with E-state index in [1.165, 1.54) is 0 Å². The van der Waals surface area contributed by atoms with E-state index in [2.05, 4.69) is 15.2 Å². The van der Waals surface area contributed by atoms with Crippen LogP contribution in [0.25, 0.3) is 0 Å². The number of aromatic nitrogens is 1. The summed E-state index contributed by atoms with van der Waals surface area (Å²) in [6, 6.07) is 1.97. The molecule has 0 unspecified atom stereocenters. The summed E-state index contributed by atoms with van der Waals surface area (Å²) in [6.45, 7) is 9.57. The summed E-state index contributed by atoms with van der Waals surface area (Å²) in [7, 11) is 0. The van der Waals surface area contributed by atoms with Gasteiger partial charge in [-0.1, -0.05) is 0 Å². The highest BCUT2D eigenvalue weighted by molar-refractivity contribution is 5.97. The van der Waals surface area contributed by atoms with Crippen LogP contribution in [0.15, 0.2) is 6.07 Å². The fourth-order valence-corrected chi connectivity index (χ4v) is 2.70. The molecule has 1 fully saturated rings. The van der Waals surface area contributed by atoms with Gasteiger partial charge in [-0.25, -0.2) is 0 Å². The monoisotopic (exact) mass is 263 g/mol. The zero-order valence-electron chi connectivity index (χ0n) is 12.1. The third-order valence-electron chi connectivity index (χ3n) is 3.79. The highest BCUT2D eigenvalue weighted by Gasteiger charge is 2.12. The lowest BCUT2D eigenvalue weighted by atomic mass is 10.1. The molecule has 1 aliphatic heterocycles. The number of rotatable bonds is 6. The van der Waals surface area contributed by atoms with E-state index >= 15 is 0 Å². The summed E-state index contributed by atoms with van der Waals surface area (Å²) in [5, 5.41) is 3.35. The van der Waals surface area contributed by atoms with Crippen molar-refractivity contribution in [2.45, 2.75) is 33.1 Å². The minimum absolute atomic E-state index is 0.280. The van der Waals surface area contributed by atoms with E-state index in [4.69, 9.17) is 0 Å². The quantitative estimate of drug-likeness (QED) is 0.608. The lowest BCUT2D eigenvalue weighted by molar-refractivity contribution is 0.0977. The number of aromatic amines is 1. The zero-order valence-corrected chi connectivity index (χ0v) is 12.1. The fourth-order valence-electron chi connectivity index (χ4n) is 2.70. The highest BCUT2D eigenvalue weighted by atomic mass is 16.1. The zero-order chi connectivity index (χ0) is 13.7. The second-order valence-corrected chi connectivity index (χ2v) is 5.46. The van der Waals surface area contributed by atoms with Gasteiger partial charge in [0.2, 0.25) is 0 Å². The molecule has 0 atom stereocenters. The Morgan fingerprint density at radius 3 is 2.63 bits per heavy atom. The second kappa shape index (κ2) is 6.87. The topological polar surface area (TPSA) is 48.1 Å². The largest absolute Gasteiger partial charge is 0.362 e. The number of ketones is 1. The average Bonchev–Trinajstić information content (AvgIpc) is 2.75. The van der Waals surface area contributed by atoms with Crippen molar-refractivity contribution >= 4 is 5.78 Å². The molecule has 1 aromatic rings. The molecule has 0 aromatic carbocycles. The van der Waals surface area contributed by atoms with Crippen molar-refractivity contribution in [3.63, 3.8) is 0 Å². The van der Waals surface area contributed by atoms with E-state index < -0.39 is 0 Å². The predicted octanol–water partition coefficient (Wildman–Crippen LogP) is 1.89. The van der Waals surface area contributed by atoms with E-state index in [0.717, 1.165) is 62.5 Å². The van der Waals surface area contributed by atoms with E-state index in [9.17, 15) is 4.79 Å². The summed E-state index contributed by atoms with van der Waals surface area (Å²) in [5.74, 6) is 0.280. The standard InChI is InChI=1S/C15H25N3O/c1-12-11-14(13(2)17-12)15(19)5-3-4-8-18-9-6-16-7-10-18/h11,16-17H,3-10H2,1-2H3. The maximum absolute atomic E-state index is 12.1. The van der Waals surface area contributed by atoms with E-state index in [-0.39, 0.29) is 5.78 Å². The van der Waals surface area contributed by atoms with Crippen LogP contribution in [-0.4, -0.2) is 48.4 Å². The van der Waals surface area contributed by atoms with Gasteiger partial charge in [0.15, 0.2) is 5.78 Å². The van der Waals surface area contributed by atoms with Crippen molar-refractivity contribution < 1.29 is 4.79 Å². The third-order valence-corrected chi connectivity index (χ3v) is 3.79. The smallest absolute Gasteiger partial charge is 0.164 e. The highest BCUT2D eigenvalue weighted by Crippen LogP contribution is 2.13. The van der Waals surface area contributed by atoms with Crippen LogP contribution >= 0.6 is 0 Å². The van der Waals surface area contributed by atoms with Gasteiger partial charge in [0.1, 0.15) is 0 Å². The molecule has 2 N–H and O–H groups in total. The van der Waals surface area contributed by atoms with Gasteiger partial charge >= 0.3 is 0 Å². The lowest BCUT2D eigenvalue weighted by Gasteiger charge is -2.26. The van der Waals surface area contributed by atoms with Gasteiger partial charge in [0, 0.05) is 49.6 Å². The number of Topliss-reactive ketones (excluding diaryl/α,β-unsaturated/α-hetero) is 1. The van der Waals surface area contributed by atoms with Crippen LogP contribution in [0.4, 0.5) is 0 Å². The van der Waals surface area contributed by atoms with Crippen molar-refractivity contribution in [1.29, 1.82) is 0 Å². The molecule has 1 saturated heterocycles. The molecule has 4 nitrogen and oxygen atoms in total. The number of carbonyl (C=O) groups excluding carboxylic acids is 1. The Balaban J connectivity index is 1.67. The van der Waals surface area contributed by atoms with E-state index in [0.29, 0.717) is 6.42 Å². The molecule has 2 heterocycles. The maximum atomic E-state index is 12.1. The summed E-state index contributed by atoms with van der Waals surface area (Å²) in [4.78, 5) is 17.8. The molecular formula is C15H25N3O. The molecule has 0 amide bonds. The molecule has 0 spiro atoms. The van der Waals surface area contributed by atoms with Crippen molar-refractivity contribution in [2.75, 3.05) is 32.7 Å². The first-order valence-corrected chi connectivity index (χ1v) is 7.29. The number of H-pyrrole nitrogens is 1. The predicted molar refractivity (Wildman–Crippen MR) is 77.8 cm³/mol. The molecule has 0 bridgehead atoms. The molecule has 1 aliphatic rings. The van der Waals surface area contributed by atoms with Crippen LogP contribution < -0.4 is 5.32 Å². The lowest BCUT2D eigenvalue weighted by Crippen LogP contribution is -2.43. The van der Waals surface area contributed by atoms with Gasteiger partial charge in [-0.3, -0.25) is 4.79 Å². The summed E-state index contributed by atoms with van der Waals surface area (Å²) in [6.07, 6.45) is 2.78. The number of hydrogen-bond donors (Lipinski definition) is 2. The van der Waals surface area contributed by atoms with Crippen molar-refractivity contribution in [3.05, 3.63) is 23.0 Å². The van der Waals surface area contributed by atoms with Crippen molar-refractivity contribution in [1.82, 2.24) is 15.2 Å². The maximum Gasteiger partial charge on any atom is 0.164 e. The van der Waals surface area contributed by atoms with Crippen LogP contribution in [0.3, 0.4) is 0 Å². The van der Waals surface area contributed by atoms with E-state index in [1.54, 1.807) is 0 Å². The van der Waals surface area contributed by atoms with Crippen LogP contribution in [0.1, 0.15) is 41.0 Å². The Labute approximate surface area is 115 Å². The van der Waals surface area contributed by atoms with E-state index in [1.807, 2.05) is 19.9 Å². The number of unbranched alkanes of at least 4 members (excludes halogenated alkanes) is 1. The fraction of sp³-hybridized carbons (Fsp3) is 0.667. The number of carbonyl (C=O) groups is 1. The van der Waals surface area contributed by atoms with Gasteiger partial charge in [-0.15, -0.1) is 0 Å². The Hall–Kier alpha value is -1.13. The first-order chi connectivity index (χ1) is 9.16. The minimum atomic E-state index is 0.280. The molecule has 0 saturated carbocycles. The van der Waals surface area contributed by atoms with Gasteiger partial charge in [0.25, 0.3) is 0 Å². The first-order valence-electron chi connectivity index (χ1n) is 7.29. The Morgan fingerprint density at radius 1 is 1.26 bits per heavy atom. The van der Waals surface area contributed by atoms with Crippen LogP contribution in [0, 0.1) is 13.8 Å². The number of aryl methyl sites for hydroxylation is 2. The molecular weight excluding hydrogens is 238 g/mol. The Kier molecular flexibility index (Phi) is 5.16. The molecule has 106 valence electrons. The number of nitrogens with zero attached hydrogens (tertiary/aromatic N) is 1. The van der Waals surface area contributed by atoms with Gasteiger partial charge < -0.3 is 15.2 Å². The second-order valence-electron chi connectivity index (χ2n) is 5.46. The molecule has 19 heavy (non-hydrogen) atoms. The molecule has 2 rings (SSSR count). The molecule has 4 heteroatoms. The minimum Gasteiger partial charge on any atom is -0.362 e. The Bertz CT molecular complexity index is 419. The van der Waals surface area contributed by atoms with Crippen molar-refractivity contribution in [2.24, 2.45) is 0 Å². The van der Waals surface area contributed by atoms with Crippen LogP contribution in [0.2, 0.25) is 0 Å². The van der Waals surface area contributed by atoms with Crippen molar-refractivity contribution in [3.8, 4) is 0 Å². The van der Waals surface area contributed by atoms with Gasteiger partial charge in [0.05, 0.1) is 0 Å². The summed E-state index contributed by atoms with van der Waals surface area (Å²) in [5.41, 5.74) is 2.95. The SMILES string of the molecule is Cc1cc(C(=O)CCCCN2CCNCC2)c(C)[nH]1. The van der Waals surface area contributed by atoms with Crippen LogP contribution in [-0.2, 0) is 0 Å². The number of hydrogen-bond acceptors (Lipinski definition) is 3. The normalized spacial score (nSPS) is 16.7. The molecule has 0 aliphatic carbocycles. The number of nitrogens with one attached hydrogen (secondary N) is 2. The molecule has 0 radical (unpaired) electrons. The van der Waals surface area contributed by atoms with Gasteiger partial charge in [-0.2, -0.15) is 0 Å². The average molecular weight is 263 g/mol.